The lowest BCUT2D eigenvalue weighted by Gasteiger charge is -2.07. The van der Waals surface area contributed by atoms with Gasteiger partial charge in [0.2, 0.25) is 5.89 Å². The van der Waals surface area contributed by atoms with Crippen molar-refractivity contribution in [1.82, 2.24) is 4.98 Å². The predicted molar refractivity (Wildman–Crippen MR) is 115 cm³/mol. The number of allylic oxidation sites excluding steroid dienone is 1. The number of fused-ring (bicyclic) bond motifs is 2. The summed E-state index contributed by atoms with van der Waals surface area (Å²) < 4.78 is 11.3. The van der Waals surface area contributed by atoms with E-state index >= 15 is 0 Å². The summed E-state index contributed by atoms with van der Waals surface area (Å²) in [6.45, 7) is 0. The maximum Gasteiger partial charge on any atom is 0.266 e. The summed E-state index contributed by atoms with van der Waals surface area (Å²) in [7, 11) is 0. The maximum absolute atomic E-state index is 12.8. The Balaban J connectivity index is 1.57. The largest absolute Gasteiger partial charge is 0.435 e. The van der Waals surface area contributed by atoms with Crippen LogP contribution >= 0.6 is 46.4 Å². The van der Waals surface area contributed by atoms with Crippen LogP contribution < -0.4 is 0 Å². The van der Waals surface area contributed by atoms with Crippen LogP contribution in [0.1, 0.15) is 26.6 Å². The summed E-state index contributed by atoms with van der Waals surface area (Å²) in [5.41, 5.74) is 1.08. The van der Waals surface area contributed by atoms with Crippen LogP contribution in [0.4, 0.5) is 0 Å². The molecule has 0 radical (unpaired) electrons. The Kier molecular flexibility index (Phi) is 4.52. The van der Waals surface area contributed by atoms with Crippen LogP contribution in [0.5, 0.6) is 0 Å². The number of hydrogen-bond acceptors (Lipinski definition) is 5. The Morgan fingerprint density at radius 1 is 0.800 bits per heavy atom. The number of carbonyl (C=O) groups is 2. The quantitative estimate of drug-likeness (QED) is 0.132. The number of ketones is 2. The van der Waals surface area contributed by atoms with Crippen LogP contribution in [0.25, 0.3) is 28.7 Å². The van der Waals surface area contributed by atoms with Gasteiger partial charge < -0.3 is 8.83 Å². The van der Waals surface area contributed by atoms with E-state index in [2.05, 4.69) is 4.98 Å². The summed E-state index contributed by atoms with van der Waals surface area (Å²) in [6.07, 6.45) is 1.22. The standard InChI is InChI=1S/C21H7Cl4NO4/c22-15-13-14(16(23)18(25)17(15)24)20(28)9(19(13)27)6-12-26-21-11(29-12)7-10(30-21)8-4-2-1-3-5-8/h1-7H. The Hall–Kier alpha value is -2.57. The Bertz CT molecular complexity index is 1340. The van der Waals surface area contributed by atoms with Crippen molar-refractivity contribution in [3.8, 4) is 11.3 Å². The first-order valence-corrected chi connectivity index (χ1v) is 10.0. The van der Waals surface area contributed by atoms with E-state index in [4.69, 9.17) is 55.2 Å². The molecule has 2 heterocycles. The summed E-state index contributed by atoms with van der Waals surface area (Å²) in [6, 6.07) is 11.1. The molecule has 0 spiro atoms. The zero-order valence-corrected chi connectivity index (χ0v) is 17.7. The second kappa shape index (κ2) is 7.00. The molecule has 0 aliphatic heterocycles. The van der Waals surface area contributed by atoms with E-state index in [9.17, 15) is 9.59 Å². The predicted octanol–water partition coefficient (Wildman–Crippen LogP) is 7.16. The van der Waals surface area contributed by atoms with Crippen molar-refractivity contribution in [2.75, 3.05) is 0 Å². The third-order valence-electron chi connectivity index (χ3n) is 4.64. The monoisotopic (exact) mass is 477 g/mol. The molecular weight excluding hydrogens is 472 g/mol. The van der Waals surface area contributed by atoms with E-state index in [1.807, 2.05) is 30.3 Å². The fraction of sp³-hybridized carbons (Fsp3) is 0. The van der Waals surface area contributed by atoms with Gasteiger partial charge in [0.1, 0.15) is 5.76 Å². The average Bonchev–Trinajstić information content (AvgIpc) is 3.38. The van der Waals surface area contributed by atoms with Gasteiger partial charge in [-0.15, -0.1) is 0 Å². The second-order valence-corrected chi connectivity index (χ2v) is 7.93. The number of aromatic nitrogens is 1. The van der Waals surface area contributed by atoms with E-state index in [1.165, 1.54) is 6.08 Å². The van der Waals surface area contributed by atoms with Gasteiger partial charge in [-0.25, -0.2) is 0 Å². The zero-order valence-electron chi connectivity index (χ0n) is 14.6. The van der Waals surface area contributed by atoms with Crippen LogP contribution in [0.15, 0.2) is 50.8 Å². The topological polar surface area (TPSA) is 73.3 Å². The van der Waals surface area contributed by atoms with Gasteiger partial charge in [0.25, 0.3) is 5.71 Å². The molecule has 2 aromatic heterocycles. The number of oxazole rings is 1. The molecule has 0 unspecified atom stereocenters. The van der Waals surface area contributed by atoms with Crippen molar-refractivity contribution in [2.24, 2.45) is 0 Å². The van der Waals surface area contributed by atoms with Gasteiger partial charge in [-0.2, -0.15) is 4.98 Å². The van der Waals surface area contributed by atoms with E-state index in [1.54, 1.807) is 6.07 Å². The lowest BCUT2D eigenvalue weighted by molar-refractivity contribution is 0.0990. The molecule has 5 nitrogen and oxygen atoms in total. The lowest BCUT2D eigenvalue weighted by atomic mass is 10.1. The van der Waals surface area contributed by atoms with Gasteiger partial charge in [0.05, 0.1) is 36.8 Å². The first-order valence-electron chi connectivity index (χ1n) is 8.49. The van der Waals surface area contributed by atoms with Crippen LogP contribution in [0.3, 0.4) is 0 Å². The highest BCUT2D eigenvalue weighted by atomic mass is 35.5. The van der Waals surface area contributed by atoms with Gasteiger partial charge in [0.15, 0.2) is 17.1 Å². The summed E-state index contributed by atoms with van der Waals surface area (Å²) in [4.78, 5) is 29.8. The lowest BCUT2D eigenvalue weighted by Crippen LogP contribution is -2.00. The molecule has 2 aromatic carbocycles. The minimum atomic E-state index is -0.639. The molecule has 0 atom stereocenters. The molecule has 0 fully saturated rings. The fourth-order valence-electron chi connectivity index (χ4n) is 3.24. The van der Waals surface area contributed by atoms with E-state index in [0.29, 0.717) is 11.3 Å². The van der Waals surface area contributed by atoms with Crippen molar-refractivity contribution < 1.29 is 18.4 Å². The normalized spacial score (nSPS) is 13.4. The molecular formula is C21H7Cl4NO4. The molecule has 5 rings (SSSR count). The SMILES string of the molecule is O=C1C(=Cc2nc3oc(-c4ccccc4)cc3o2)C(=O)c2c(Cl)c(Cl)c(Cl)c(Cl)c21. The highest BCUT2D eigenvalue weighted by molar-refractivity contribution is 6.57. The van der Waals surface area contributed by atoms with E-state index < -0.39 is 11.6 Å². The van der Waals surface area contributed by atoms with Crippen molar-refractivity contribution in [2.45, 2.75) is 0 Å². The van der Waals surface area contributed by atoms with Crippen molar-refractivity contribution in [3.05, 3.63) is 79.1 Å². The average molecular weight is 479 g/mol. The number of halogens is 4. The molecule has 0 saturated carbocycles. The number of furan rings is 1. The molecule has 1 aliphatic rings. The van der Waals surface area contributed by atoms with Gasteiger partial charge in [-0.1, -0.05) is 76.7 Å². The summed E-state index contributed by atoms with van der Waals surface area (Å²) in [5, 5.41) is -0.439. The molecule has 0 bridgehead atoms. The van der Waals surface area contributed by atoms with Crippen LogP contribution in [0, 0.1) is 0 Å². The summed E-state index contributed by atoms with van der Waals surface area (Å²) in [5.74, 6) is -0.669. The first-order chi connectivity index (χ1) is 14.4. The molecule has 1 aliphatic carbocycles. The minimum absolute atomic E-state index is 0.0253. The van der Waals surface area contributed by atoms with E-state index in [0.717, 1.165) is 5.56 Å². The molecule has 0 amide bonds. The Labute approximate surface area is 188 Å². The number of Topliss-reactive ketones (excluding diaryl/α,β-unsaturated/α-hetero) is 2. The Morgan fingerprint density at radius 2 is 1.40 bits per heavy atom. The van der Waals surface area contributed by atoms with Crippen molar-refractivity contribution in [3.63, 3.8) is 0 Å². The van der Waals surface area contributed by atoms with Crippen LogP contribution in [-0.4, -0.2) is 16.6 Å². The number of nitrogens with zero attached hydrogens (tertiary/aromatic N) is 1. The summed E-state index contributed by atoms with van der Waals surface area (Å²) >= 11 is 24.3. The van der Waals surface area contributed by atoms with Gasteiger partial charge in [-0.05, 0) is 0 Å². The number of carbonyl (C=O) groups excluding carboxylic acids is 2. The molecule has 0 saturated heterocycles. The molecule has 30 heavy (non-hydrogen) atoms. The molecule has 9 heteroatoms. The fourth-order valence-corrected chi connectivity index (χ4v) is 4.27. The second-order valence-electron chi connectivity index (χ2n) is 6.42. The van der Waals surface area contributed by atoms with E-state index in [-0.39, 0.29) is 48.4 Å². The first kappa shape index (κ1) is 19.4. The van der Waals surface area contributed by atoms with Gasteiger partial charge in [0, 0.05) is 17.7 Å². The minimum Gasteiger partial charge on any atom is -0.435 e. The highest BCUT2D eigenvalue weighted by Gasteiger charge is 2.40. The van der Waals surface area contributed by atoms with Crippen molar-refractivity contribution >= 4 is 75.3 Å². The van der Waals surface area contributed by atoms with Crippen LogP contribution in [0.2, 0.25) is 20.1 Å². The third-order valence-corrected chi connectivity index (χ3v) is 6.44. The Morgan fingerprint density at radius 3 is 1.97 bits per heavy atom. The maximum atomic E-state index is 12.8. The number of benzene rings is 2. The molecule has 148 valence electrons. The van der Waals surface area contributed by atoms with Gasteiger partial charge >= 0.3 is 0 Å². The van der Waals surface area contributed by atoms with Crippen molar-refractivity contribution in [1.29, 1.82) is 0 Å². The smallest absolute Gasteiger partial charge is 0.266 e. The number of hydrogen-bond donors (Lipinski definition) is 0. The molecule has 4 aromatic rings. The third kappa shape index (κ3) is 2.81. The highest BCUT2D eigenvalue weighted by Crippen LogP contribution is 2.46. The van der Waals surface area contributed by atoms with Gasteiger partial charge in [-0.3, -0.25) is 9.59 Å². The number of rotatable bonds is 2. The molecule has 0 N–H and O–H groups in total. The zero-order chi connectivity index (χ0) is 21.2. The van der Waals surface area contributed by atoms with Crippen LogP contribution in [-0.2, 0) is 0 Å².